The van der Waals surface area contributed by atoms with Crippen LogP contribution < -0.4 is 5.32 Å². The fraction of sp³-hybridized carbons (Fsp3) is 0.333. The summed E-state index contributed by atoms with van der Waals surface area (Å²) in [4.78, 5) is 0. The lowest BCUT2D eigenvalue weighted by molar-refractivity contribution is 0.393. The quantitative estimate of drug-likeness (QED) is 0.783. The number of hydrogen-bond acceptors (Lipinski definition) is 2. The van der Waals surface area contributed by atoms with E-state index in [0.29, 0.717) is 11.8 Å². The van der Waals surface area contributed by atoms with E-state index >= 15 is 0 Å². The van der Waals surface area contributed by atoms with Crippen LogP contribution in [-0.4, -0.2) is 11.7 Å². The third-order valence-corrected chi connectivity index (χ3v) is 3.61. The summed E-state index contributed by atoms with van der Waals surface area (Å²) in [6.45, 7) is 1.05. The highest BCUT2D eigenvalue weighted by Crippen LogP contribution is 2.35. The number of phenols is 1. The van der Waals surface area contributed by atoms with Crippen molar-refractivity contribution < 1.29 is 5.11 Å². The Morgan fingerprint density at radius 3 is 2.76 bits per heavy atom. The van der Waals surface area contributed by atoms with Crippen molar-refractivity contribution in [3.05, 3.63) is 42.0 Å². The highest BCUT2D eigenvalue weighted by molar-refractivity contribution is 5.88. The Morgan fingerprint density at radius 2 is 1.94 bits per heavy atom. The third-order valence-electron chi connectivity index (χ3n) is 3.61. The molecule has 2 nitrogen and oxygen atoms in total. The second-order valence-electron chi connectivity index (χ2n) is 4.72. The van der Waals surface area contributed by atoms with Crippen LogP contribution in [0, 0.1) is 0 Å². The van der Waals surface area contributed by atoms with E-state index in [1.807, 2.05) is 24.3 Å². The molecular formula is C15H17NO. The Labute approximate surface area is 101 Å². The zero-order chi connectivity index (χ0) is 11.7. The van der Waals surface area contributed by atoms with Gasteiger partial charge in [-0.1, -0.05) is 36.8 Å². The average Bonchev–Trinajstić information content (AvgIpc) is 2.39. The van der Waals surface area contributed by atoms with Crippen molar-refractivity contribution in [1.29, 1.82) is 0 Å². The number of rotatable bonds is 1. The van der Waals surface area contributed by atoms with E-state index in [9.17, 15) is 5.11 Å². The molecule has 2 aromatic carbocycles. The Balaban J connectivity index is 2.15. The topological polar surface area (TPSA) is 32.3 Å². The number of benzene rings is 2. The van der Waals surface area contributed by atoms with Crippen molar-refractivity contribution in [3.8, 4) is 5.75 Å². The van der Waals surface area contributed by atoms with Gasteiger partial charge in [-0.25, -0.2) is 0 Å². The van der Waals surface area contributed by atoms with Crippen molar-refractivity contribution in [2.75, 3.05) is 6.54 Å². The van der Waals surface area contributed by atoms with Crippen LogP contribution in [-0.2, 0) is 0 Å². The molecule has 2 heteroatoms. The molecule has 1 atom stereocenters. The number of aromatic hydroxyl groups is 1. The maximum Gasteiger partial charge on any atom is 0.120 e. The lowest BCUT2D eigenvalue weighted by Crippen LogP contribution is -2.26. The highest BCUT2D eigenvalue weighted by Gasteiger charge is 2.19. The molecule has 0 unspecified atom stereocenters. The first-order valence-corrected chi connectivity index (χ1v) is 6.30. The van der Waals surface area contributed by atoms with Crippen LogP contribution in [0.4, 0.5) is 0 Å². The Hall–Kier alpha value is -1.54. The van der Waals surface area contributed by atoms with Crippen molar-refractivity contribution >= 4 is 10.8 Å². The normalized spacial score (nSPS) is 20.6. The standard InChI is InChI=1S/C15H17NO/c17-14-9-8-11-5-1-2-6-12(11)15(14)13-7-3-4-10-16-13/h1-2,5-6,8-9,13,16-17H,3-4,7,10H2/t13-/m0/s1. The fourth-order valence-corrected chi connectivity index (χ4v) is 2.75. The lowest BCUT2D eigenvalue weighted by atomic mass is 9.92. The molecule has 17 heavy (non-hydrogen) atoms. The largest absolute Gasteiger partial charge is 0.508 e. The van der Waals surface area contributed by atoms with Crippen LogP contribution in [0.1, 0.15) is 30.9 Å². The molecule has 0 amide bonds. The van der Waals surface area contributed by atoms with Crippen LogP contribution >= 0.6 is 0 Å². The van der Waals surface area contributed by atoms with Gasteiger partial charge in [0.25, 0.3) is 0 Å². The monoisotopic (exact) mass is 227 g/mol. The van der Waals surface area contributed by atoms with E-state index in [2.05, 4.69) is 17.4 Å². The van der Waals surface area contributed by atoms with Gasteiger partial charge in [-0.3, -0.25) is 0 Å². The van der Waals surface area contributed by atoms with Gasteiger partial charge in [0.05, 0.1) is 0 Å². The molecule has 1 fully saturated rings. The molecule has 1 aliphatic rings. The van der Waals surface area contributed by atoms with Gasteiger partial charge in [0.2, 0.25) is 0 Å². The summed E-state index contributed by atoms with van der Waals surface area (Å²) in [7, 11) is 0. The first kappa shape index (κ1) is 10.6. The van der Waals surface area contributed by atoms with Gasteiger partial charge in [-0.2, -0.15) is 0 Å². The summed E-state index contributed by atoms with van der Waals surface area (Å²) in [5.41, 5.74) is 1.07. The predicted molar refractivity (Wildman–Crippen MR) is 70.2 cm³/mol. The molecule has 1 heterocycles. The molecule has 2 N–H and O–H groups in total. The molecule has 2 aromatic rings. The molecule has 0 bridgehead atoms. The smallest absolute Gasteiger partial charge is 0.120 e. The van der Waals surface area contributed by atoms with Crippen LogP contribution in [0.3, 0.4) is 0 Å². The first-order chi connectivity index (χ1) is 8.36. The molecular weight excluding hydrogens is 210 g/mol. The second kappa shape index (κ2) is 4.38. The maximum absolute atomic E-state index is 10.1. The average molecular weight is 227 g/mol. The number of phenolic OH excluding ortho intramolecular Hbond substituents is 1. The van der Waals surface area contributed by atoms with Gasteiger partial charge in [0, 0.05) is 11.6 Å². The predicted octanol–water partition coefficient (Wildman–Crippen LogP) is 3.36. The molecule has 1 aliphatic heterocycles. The Morgan fingerprint density at radius 1 is 1.06 bits per heavy atom. The van der Waals surface area contributed by atoms with Gasteiger partial charge in [-0.05, 0) is 36.2 Å². The highest BCUT2D eigenvalue weighted by atomic mass is 16.3. The SMILES string of the molecule is Oc1ccc2ccccc2c1[C@@H]1CCCCN1. The van der Waals surface area contributed by atoms with E-state index in [4.69, 9.17) is 0 Å². The molecule has 88 valence electrons. The summed E-state index contributed by atoms with van der Waals surface area (Å²) < 4.78 is 0. The first-order valence-electron chi connectivity index (χ1n) is 6.30. The van der Waals surface area contributed by atoms with Crippen molar-refractivity contribution in [1.82, 2.24) is 5.32 Å². The van der Waals surface area contributed by atoms with Gasteiger partial charge >= 0.3 is 0 Å². The molecule has 0 spiro atoms. The van der Waals surface area contributed by atoms with E-state index in [1.54, 1.807) is 0 Å². The van der Waals surface area contributed by atoms with Crippen molar-refractivity contribution in [3.63, 3.8) is 0 Å². The Bertz CT molecular complexity index is 529. The number of hydrogen-bond donors (Lipinski definition) is 2. The summed E-state index contributed by atoms with van der Waals surface area (Å²) in [5.74, 6) is 0.420. The van der Waals surface area contributed by atoms with Gasteiger partial charge in [0.1, 0.15) is 5.75 Å². The van der Waals surface area contributed by atoms with Crippen LogP contribution in [0.2, 0.25) is 0 Å². The molecule has 1 saturated heterocycles. The molecule has 0 saturated carbocycles. The molecule has 0 radical (unpaired) electrons. The van der Waals surface area contributed by atoms with Crippen molar-refractivity contribution in [2.45, 2.75) is 25.3 Å². The van der Waals surface area contributed by atoms with Gasteiger partial charge in [-0.15, -0.1) is 0 Å². The molecule has 0 aliphatic carbocycles. The van der Waals surface area contributed by atoms with Gasteiger partial charge < -0.3 is 10.4 Å². The van der Waals surface area contributed by atoms with Gasteiger partial charge in [0.15, 0.2) is 0 Å². The second-order valence-corrected chi connectivity index (χ2v) is 4.72. The minimum absolute atomic E-state index is 0.301. The maximum atomic E-state index is 10.1. The summed E-state index contributed by atoms with van der Waals surface area (Å²) in [5, 5.41) is 16.0. The van der Waals surface area contributed by atoms with E-state index in [1.165, 1.54) is 23.6 Å². The van der Waals surface area contributed by atoms with Crippen molar-refractivity contribution in [2.24, 2.45) is 0 Å². The van der Waals surface area contributed by atoms with Crippen LogP contribution in [0.5, 0.6) is 5.75 Å². The van der Waals surface area contributed by atoms with E-state index in [-0.39, 0.29) is 0 Å². The zero-order valence-corrected chi connectivity index (χ0v) is 9.82. The minimum Gasteiger partial charge on any atom is -0.508 e. The van der Waals surface area contributed by atoms with E-state index in [0.717, 1.165) is 18.5 Å². The summed E-state index contributed by atoms with van der Waals surface area (Å²) >= 11 is 0. The van der Waals surface area contributed by atoms with Crippen LogP contribution in [0.25, 0.3) is 10.8 Å². The molecule has 3 rings (SSSR count). The number of nitrogens with one attached hydrogen (secondary N) is 1. The number of fused-ring (bicyclic) bond motifs is 1. The minimum atomic E-state index is 0.301. The number of piperidine rings is 1. The van der Waals surface area contributed by atoms with Crippen LogP contribution in [0.15, 0.2) is 36.4 Å². The summed E-state index contributed by atoms with van der Waals surface area (Å²) in [6, 6.07) is 12.4. The Kier molecular flexibility index (Phi) is 2.73. The molecule has 0 aromatic heterocycles. The zero-order valence-electron chi connectivity index (χ0n) is 9.82. The lowest BCUT2D eigenvalue weighted by Gasteiger charge is -2.25. The fourth-order valence-electron chi connectivity index (χ4n) is 2.75. The third kappa shape index (κ3) is 1.89. The summed E-state index contributed by atoms with van der Waals surface area (Å²) in [6.07, 6.45) is 3.59. The van der Waals surface area contributed by atoms with E-state index < -0.39 is 0 Å².